The van der Waals surface area contributed by atoms with Crippen molar-refractivity contribution in [1.29, 1.82) is 0 Å². The minimum atomic E-state index is -5.77. The number of amides is 1. The first-order valence-electron chi connectivity index (χ1n) is 11.5. The summed E-state index contributed by atoms with van der Waals surface area (Å²) in [6.45, 7) is 0.810. The smallest absolute Gasteiger partial charge is 0.434 e. The number of rotatable bonds is 4. The third-order valence-electron chi connectivity index (χ3n) is 6.49. The Morgan fingerprint density at radius 2 is 1.43 bits per heavy atom. The van der Waals surface area contributed by atoms with Crippen LogP contribution >= 0.6 is 0 Å². The molecule has 5 rings (SSSR count). The number of carbonyl (C=O) groups is 1. The molecule has 0 saturated carbocycles. The Balaban J connectivity index is 1.35. The molecule has 1 fully saturated rings. The van der Waals surface area contributed by atoms with E-state index in [1.807, 2.05) is 35.2 Å². The lowest BCUT2D eigenvalue weighted by Gasteiger charge is -2.39. The van der Waals surface area contributed by atoms with Gasteiger partial charge in [0.25, 0.3) is 6.10 Å². The fraction of sp³-hybridized carbons (Fsp3) is 0.458. The number of piperazine rings is 1. The molecule has 0 aromatic heterocycles. The number of alkyl halides is 6. The zero-order valence-corrected chi connectivity index (χ0v) is 19.3. The van der Waals surface area contributed by atoms with Crippen LogP contribution in [-0.4, -0.2) is 73.9 Å². The lowest BCUT2D eigenvalue weighted by molar-refractivity contribution is -0.308. The monoisotopic (exact) mass is 532 g/mol. The van der Waals surface area contributed by atoms with Crippen LogP contribution in [0, 0.1) is 0 Å². The molecule has 3 aliphatic rings. The molecule has 37 heavy (non-hydrogen) atoms. The Morgan fingerprint density at radius 3 is 2.11 bits per heavy atom. The number of halogens is 6. The van der Waals surface area contributed by atoms with Crippen LogP contribution in [0.25, 0.3) is 0 Å². The molecule has 1 amide bonds. The highest BCUT2D eigenvalue weighted by atomic mass is 19.4. The highest BCUT2D eigenvalue weighted by Gasteiger charge is 2.60. The van der Waals surface area contributed by atoms with Gasteiger partial charge in [0.15, 0.2) is 11.5 Å². The SMILES string of the molecule is O=C(OC(C(F)(F)F)C(F)(F)F)N1CCN(C(c2ccc3c(c2)CCO3)c2ccc3c(c2)OCO3)CC1. The van der Waals surface area contributed by atoms with E-state index in [2.05, 4.69) is 4.74 Å². The molecule has 0 bridgehead atoms. The molecule has 0 radical (unpaired) electrons. The van der Waals surface area contributed by atoms with Gasteiger partial charge in [-0.25, -0.2) is 4.79 Å². The highest BCUT2D eigenvalue weighted by molar-refractivity contribution is 5.68. The van der Waals surface area contributed by atoms with Gasteiger partial charge >= 0.3 is 18.4 Å². The molecule has 0 aliphatic carbocycles. The summed E-state index contributed by atoms with van der Waals surface area (Å²) in [6, 6.07) is 11.0. The molecule has 1 unspecified atom stereocenters. The van der Waals surface area contributed by atoms with Crippen LogP contribution in [-0.2, 0) is 11.2 Å². The molecule has 7 nitrogen and oxygen atoms in total. The molecule has 3 aliphatic heterocycles. The van der Waals surface area contributed by atoms with Crippen LogP contribution in [0.3, 0.4) is 0 Å². The van der Waals surface area contributed by atoms with E-state index in [1.54, 1.807) is 6.07 Å². The second-order valence-electron chi connectivity index (χ2n) is 8.85. The van der Waals surface area contributed by atoms with E-state index in [-0.39, 0.29) is 39.0 Å². The van der Waals surface area contributed by atoms with Gasteiger partial charge in [0.1, 0.15) is 5.75 Å². The summed E-state index contributed by atoms with van der Waals surface area (Å²) in [7, 11) is 0. The van der Waals surface area contributed by atoms with Crippen LogP contribution in [0.4, 0.5) is 31.1 Å². The molecule has 0 N–H and O–H groups in total. The second kappa shape index (κ2) is 9.51. The van der Waals surface area contributed by atoms with Crippen molar-refractivity contribution in [2.75, 3.05) is 39.6 Å². The summed E-state index contributed by atoms with van der Waals surface area (Å²) < 4.78 is 97.3. The Hall–Kier alpha value is -3.35. The van der Waals surface area contributed by atoms with Crippen LogP contribution in [0.2, 0.25) is 0 Å². The normalized spacial score (nSPS) is 18.5. The van der Waals surface area contributed by atoms with Gasteiger partial charge in [0, 0.05) is 32.6 Å². The summed E-state index contributed by atoms with van der Waals surface area (Å²) in [5.41, 5.74) is 2.82. The van der Waals surface area contributed by atoms with Gasteiger partial charge in [0.05, 0.1) is 12.6 Å². The molecular formula is C24H22F6N2O5. The molecule has 2 aromatic rings. The first kappa shape index (κ1) is 25.3. The van der Waals surface area contributed by atoms with E-state index in [4.69, 9.17) is 14.2 Å². The maximum Gasteiger partial charge on any atom is 0.434 e. The lowest BCUT2D eigenvalue weighted by Crippen LogP contribution is -2.53. The molecule has 200 valence electrons. The number of hydrogen-bond acceptors (Lipinski definition) is 6. The summed E-state index contributed by atoms with van der Waals surface area (Å²) in [4.78, 5) is 15.1. The summed E-state index contributed by atoms with van der Waals surface area (Å²) in [5, 5.41) is 0. The number of fused-ring (bicyclic) bond motifs is 2. The van der Waals surface area contributed by atoms with E-state index < -0.39 is 24.5 Å². The van der Waals surface area contributed by atoms with Crippen molar-refractivity contribution in [2.24, 2.45) is 0 Å². The largest absolute Gasteiger partial charge is 0.493 e. The van der Waals surface area contributed by atoms with Crippen molar-refractivity contribution in [2.45, 2.75) is 30.9 Å². The fourth-order valence-corrected chi connectivity index (χ4v) is 4.73. The Morgan fingerprint density at radius 1 is 0.811 bits per heavy atom. The van der Waals surface area contributed by atoms with Crippen molar-refractivity contribution in [3.8, 4) is 17.2 Å². The van der Waals surface area contributed by atoms with E-state index >= 15 is 0 Å². The Bertz CT molecular complexity index is 1090. The number of ether oxygens (including phenoxy) is 4. The number of carbonyl (C=O) groups excluding carboxylic acids is 1. The van der Waals surface area contributed by atoms with E-state index in [0.29, 0.717) is 18.1 Å². The van der Waals surface area contributed by atoms with E-state index in [0.717, 1.165) is 33.8 Å². The van der Waals surface area contributed by atoms with Gasteiger partial charge in [0.2, 0.25) is 6.79 Å². The predicted octanol–water partition coefficient (Wildman–Crippen LogP) is 4.69. The van der Waals surface area contributed by atoms with Gasteiger partial charge < -0.3 is 23.8 Å². The first-order chi connectivity index (χ1) is 17.5. The molecular weight excluding hydrogens is 510 g/mol. The molecule has 1 saturated heterocycles. The summed E-state index contributed by atoms with van der Waals surface area (Å²) in [5.74, 6) is 1.96. The zero-order valence-electron chi connectivity index (χ0n) is 19.3. The highest BCUT2D eigenvalue weighted by Crippen LogP contribution is 2.40. The van der Waals surface area contributed by atoms with Crippen molar-refractivity contribution in [3.05, 3.63) is 53.1 Å². The number of nitrogens with zero attached hydrogens (tertiary/aromatic N) is 2. The van der Waals surface area contributed by atoms with Crippen LogP contribution in [0.5, 0.6) is 17.2 Å². The van der Waals surface area contributed by atoms with Crippen LogP contribution < -0.4 is 14.2 Å². The van der Waals surface area contributed by atoms with Gasteiger partial charge in [-0.15, -0.1) is 0 Å². The topological polar surface area (TPSA) is 60.5 Å². The Kier molecular flexibility index (Phi) is 6.50. The molecule has 0 spiro atoms. The predicted molar refractivity (Wildman–Crippen MR) is 116 cm³/mol. The third-order valence-corrected chi connectivity index (χ3v) is 6.49. The molecule has 3 heterocycles. The quantitative estimate of drug-likeness (QED) is 0.533. The molecule has 13 heteroatoms. The fourth-order valence-electron chi connectivity index (χ4n) is 4.73. The maximum absolute atomic E-state index is 12.8. The summed E-state index contributed by atoms with van der Waals surface area (Å²) in [6.07, 6.45) is -16.6. The van der Waals surface area contributed by atoms with E-state index in [9.17, 15) is 31.1 Å². The van der Waals surface area contributed by atoms with Crippen LogP contribution in [0.1, 0.15) is 22.7 Å². The number of benzene rings is 2. The molecule has 1 atom stereocenters. The second-order valence-corrected chi connectivity index (χ2v) is 8.85. The van der Waals surface area contributed by atoms with E-state index in [1.165, 1.54) is 0 Å². The van der Waals surface area contributed by atoms with Crippen molar-refractivity contribution in [1.82, 2.24) is 9.80 Å². The lowest BCUT2D eigenvalue weighted by atomic mass is 9.94. The first-order valence-corrected chi connectivity index (χ1v) is 11.5. The minimum absolute atomic E-state index is 0.0945. The maximum atomic E-state index is 12.8. The van der Waals surface area contributed by atoms with Crippen molar-refractivity contribution >= 4 is 6.09 Å². The Labute approximate surface area is 207 Å². The van der Waals surface area contributed by atoms with Gasteiger partial charge in [-0.05, 0) is 34.9 Å². The van der Waals surface area contributed by atoms with Gasteiger partial charge in [-0.2, -0.15) is 26.3 Å². The average molecular weight is 532 g/mol. The van der Waals surface area contributed by atoms with Crippen molar-refractivity contribution in [3.63, 3.8) is 0 Å². The minimum Gasteiger partial charge on any atom is -0.493 e. The van der Waals surface area contributed by atoms with Crippen LogP contribution in [0.15, 0.2) is 36.4 Å². The standard InChI is InChI=1S/C24H22F6N2O5/c25-23(26,27)21(24(28,29)30)37-22(33)32-8-6-31(7-9-32)20(15-1-3-17-14(11-15)5-10-34-17)16-2-4-18-19(12-16)36-13-35-18/h1-4,11-12,20-21H,5-10,13H2. The third kappa shape index (κ3) is 5.22. The summed E-state index contributed by atoms with van der Waals surface area (Å²) >= 11 is 0. The zero-order chi connectivity index (χ0) is 26.4. The average Bonchev–Trinajstić information content (AvgIpc) is 3.50. The van der Waals surface area contributed by atoms with Gasteiger partial charge in [-0.3, -0.25) is 4.90 Å². The molecule has 2 aromatic carbocycles. The van der Waals surface area contributed by atoms with Gasteiger partial charge in [-0.1, -0.05) is 18.2 Å². The number of hydrogen-bond donors (Lipinski definition) is 0. The van der Waals surface area contributed by atoms with Crippen molar-refractivity contribution < 1.29 is 50.1 Å².